The van der Waals surface area contributed by atoms with Crippen molar-refractivity contribution in [1.29, 1.82) is 0 Å². The summed E-state index contributed by atoms with van der Waals surface area (Å²) in [6.07, 6.45) is 5.14. The molecular formula is C40H45N5O6. The molecule has 2 N–H and O–H groups in total. The van der Waals surface area contributed by atoms with E-state index >= 15 is 0 Å². The van der Waals surface area contributed by atoms with E-state index in [1.165, 1.54) is 0 Å². The molecule has 2 atom stereocenters. The van der Waals surface area contributed by atoms with E-state index in [0.29, 0.717) is 31.2 Å². The van der Waals surface area contributed by atoms with E-state index in [1.54, 1.807) is 50.2 Å². The molecule has 3 amide bonds. The number of hydrogen-bond acceptors (Lipinski definition) is 7. The van der Waals surface area contributed by atoms with E-state index in [-0.39, 0.29) is 74.9 Å². The number of phenolic OH excluding ortho intramolecular Hbond substituents is 1. The fraction of sp³-hybridized carbons (Fsp3) is 0.350. The summed E-state index contributed by atoms with van der Waals surface area (Å²) in [6.45, 7) is 4.41. The summed E-state index contributed by atoms with van der Waals surface area (Å²) in [5, 5.41) is 23.3. The minimum absolute atomic E-state index is 0.00228. The summed E-state index contributed by atoms with van der Waals surface area (Å²) in [4.78, 5) is 59.2. The van der Waals surface area contributed by atoms with Gasteiger partial charge in [0.05, 0.1) is 18.6 Å². The lowest BCUT2D eigenvalue weighted by Crippen LogP contribution is -2.75. The van der Waals surface area contributed by atoms with Gasteiger partial charge in [0, 0.05) is 63.2 Å². The number of hydrogen-bond donors (Lipinski definition) is 2. The number of fused-ring (bicyclic) bond motifs is 2. The number of para-hydroxylation sites is 1. The second kappa shape index (κ2) is 15.7. The van der Waals surface area contributed by atoms with Crippen molar-refractivity contribution in [2.24, 2.45) is 7.05 Å². The zero-order valence-electron chi connectivity index (χ0n) is 29.0. The van der Waals surface area contributed by atoms with Gasteiger partial charge in [-0.25, -0.2) is 10.0 Å². The summed E-state index contributed by atoms with van der Waals surface area (Å²) in [5.74, 6) is -0.556. The molecule has 11 heteroatoms. The van der Waals surface area contributed by atoms with Crippen LogP contribution >= 0.6 is 0 Å². The number of benzene rings is 3. The van der Waals surface area contributed by atoms with Crippen LogP contribution in [-0.2, 0) is 40.8 Å². The van der Waals surface area contributed by atoms with Crippen molar-refractivity contribution in [2.45, 2.75) is 57.3 Å². The quantitative estimate of drug-likeness (QED) is 0.115. The Morgan fingerprint density at radius 3 is 2.43 bits per heavy atom. The molecule has 6 rings (SSSR count). The van der Waals surface area contributed by atoms with Crippen LogP contribution in [0.15, 0.2) is 91.6 Å². The Kier molecular flexibility index (Phi) is 11.0. The predicted octanol–water partition coefficient (Wildman–Crippen LogP) is 4.22. The van der Waals surface area contributed by atoms with Gasteiger partial charge in [-0.15, -0.1) is 6.58 Å². The molecule has 0 aliphatic carbocycles. The number of ketones is 1. The van der Waals surface area contributed by atoms with E-state index < -0.39 is 12.2 Å². The first-order chi connectivity index (χ1) is 24.7. The molecule has 2 aliphatic rings. The molecular weight excluding hydrogens is 646 g/mol. The number of hydrazine groups is 1. The number of amides is 3. The fourth-order valence-electron chi connectivity index (χ4n) is 7.41. The maximum atomic E-state index is 14.5. The Morgan fingerprint density at radius 2 is 1.71 bits per heavy atom. The van der Waals surface area contributed by atoms with Gasteiger partial charge in [-0.05, 0) is 48.1 Å². The number of phenols is 1. The van der Waals surface area contributed by atoms with Crippen molar-refractivity contribution in [3.05, 3.63) is 114 Å². The van der Waals surface area contributed by atoms with Crippen LogP contribution in [0.1, 0.15) is 52.7 Å². The maximum absolute atomic E-state index is 14.5. The Labute approximate surface area is 297 Å². The van der Waals surface area contributed by atoms with Crippen LogP contribution in [0.5, 0.6) is 5.75 Å². The van der Waals surface area contributed by atoms with Crippen LogP contribution in [0.3, 0.4) is 0 Å². The third-order valence-corrected chi connectivity index (χ3v) is 9.82. The number of aromatic hydroxyl groups is 1. The highest BCUT2D eigenvalue weighted by Gasteiger charge is 2.51. The minimum atomic E-state index is -0.896. The van der Waals surface area contributed by atoms with Gasteiger partial charge in [0.15, 0.2) is 5.78 Å². The molecule has 266 valence electrons. The van der Waals surface area contributed by atoms with Gasteiger partial charge in [0.2, 0.25) is 17.7 Å². The zero-order chi connectivity index (χ0) is 36.1. The topological polar surface area (TPSA) is 127 Å². The first kappa shape index (κ1) is 35.6. The molecule has 0 bridgehead atoms. The molecule has 0 unspecified atom stereocenters. The number of Topliss-reactive ketones (excluding diaryl/α,β-unsaturated/α-hetero) is 1. The number of unbranched alkanes of at least 4 members (excludes halogenated alkanes) is 1. The van der Waals surface area contributed by atoms with Crippen LogP contribution < -0.4 is 0 Å². The Balaban J connectivity index is 1.36. The Bertz CT molecular complexity index is 1910. The molecule has 2 saturated heterocycles. The number of rotatable bonds is 14. The molecule has 3 aromatic carbocycles. The fourth-order valence-corrected chi connectivity index (χ4v) is 7.41. The van der Waals surface area contributed by atoms with Gasteiger partial charge >= 0.3 is 0 Å². The Hall–Kier alpha value is -5.26. The number of aliphatic hydroxyl groups excluding tert-OH is 1. The molecule has 11 nitrogen and oxygen atoms in total. The first-order valence-corrected chi connectivity index (χ1v) is 17.5. The molecule has 51 heavy (non-hydrogen) atoms. The number of aryl methyl sites for hydroxylation is 2. The monoisotopic (exact) mass is 691 g/mol. The van der Waals surface area contributed by atoms with Crippen molar-refractivity contribution >= 4 is 34.4 Å². The first-order valence-electron chi connectivity index (χ1n) is 17.5. The van der Waals surface area contributed by atoms with Crippen LogP contribution in [0.2, 0.25) is 0 Å². The maximum Gasteiger partial charge on any atom is 0.246 e. The molecule has 0 spiro atoms. The third-order valence-electron chi connectivity index (χ3n) is 9.82. The van der Waals surface area contributed by atoms with Crippen LogP contribution in [-0.4, -0.2) is 96.6 Å². The average Bonchev–Trinajstić information content (AvgIpc) is 3.47. The second-order valence-electron chi connectivity index (χ2n) is 13.3. The highest BCUT2D eigenvalue weighted by atomic mass is 16.3. The lowest BCUT2D eigenvalue weighted by Gasteiger charge is -2.55. The zero-order valence-corrected chi connectivity index (χ0v) is 29.0. The molecule has 0 saturated carbocycles. The van der Waals surface area contributed by atoms with E-state index in [9.17, 15) is 29.4 Å². The van der Waals surface area contributed by atoms with Gasteiger partial charge in [-0.1, -0.05) is 66.7 Å². The summed E-state index contributed by atoms with van der Waals surface area (Å²) in [7, 11) is 1.88. The minimum Gasteiger partial charge on any atom is -0.508 e. The number of aliphatic hydroxyl groups is 1. The predicted molar refractivity (Wildman–Crippen MR) is 193 cm³/mol. The molecule has 1 aromatic heterocycles. The van der Waals surface area contributed by atoms with Gasteiger partial charge in [-0.2, -0.15) is 0 Å². The molecule has 2 aliphatic heterocycles. The smallest absolute Gasteiger partial charge is 0.246 e. The number of carbonyl (C=O) groups excluding carboxylic acids is 4. The number of nitrogens with zero attached hydrogens (tertiary/aromatic N) is 5. The van der Waals surface area contributed by atoms with E-state index in [4.69, 9.17) is 0 Å². The van der Waals surface area contributed by atoms with Crippen LogP contribution in [0.4, 0.5) is 0 Å². The standard InChI is InChI=1S/C40H45N5O6/c1-3-21-43-27-38(50)44-34(23-29-15-18-31(47)19-16-29)40(51)42(26-36(44)45(43)37(49)20-17-28-10-5-4-6-11-28)24-30-12-9-13-32-33(25-41(2)39(30)32)35(48)14-7-8-22-46/h3-6,9-13,15-16,18-19,25,34,36,46-47H,1,7-8,14,17,20-24,26-27H2,2H3/t34-,36-/m0/s1. The third kappa shape index (κ3) is 7.59. The summed E-state index contributed by atoms with van der Waals surface area (Å²) in [5.41, 5.74) is 4.06. The Morgan fingerprint density at radius 1 is 0.941 bits per heavy atom. The molecule has 2 fully saturated rings. The van der Waals surface area contributed by atoms with E-state index in [1.807, 2.05) is 66.3 Å². The van der Waals surface area contributed by atoms with Gasteiger partial charge in [0.1, 0.15) is 18.0 Å². The van der Waals surface area contributed by atoms with E-state index in [2.05, 4.69) is 6.58 Å². The largest absolute Gasteiger partial charge is 0.508 e. The summed E-state index contributed by atoms with van der Waals surface area (Å²) in [6, 6.07) is 21.2. The van der Waals surface area contributed by atoms with Crippen molar-refractivity contribution in [3.63, 3.8) is 0 Å². The van der Waals surface area contributed by atoms with Crippen molar-refractivity contribution in [3.8, 4) is 5.75 Å². The van der Waals surface area contributed by atoms with Gasteiger partial charge in [0.25, 0.3) is 0 Å². The number of carbonyl (C=O) groups is 4. The summed E-state index contributed by atoms with van der Waals surface area (Å²) < 4.78 is 1.91. The molecule has 3 heterocycles. The van der Waals surface area contributed by atoms with Crippen LogP contribution in [0, 0.1) is 0 Å². The van der Waals surface area contributed by atoms with Crippen molar-refractivity contribution in [2.75, 3.05) is 26.2 Å². The second-order valence-corrected chi connectivity index (χ2v) is 13.3. The lowest BCUT2D eigenvalue weighted by molar-refractivity contribution is -0.205. The number of aromatic nitrogens is 1. The van der Waals surface area contributed by atoms with Gasteiger partial charge < -0.3 is 24.6 Å². The SMILES string of the molecule is C=CCN1CC(=O)N2[C@@H](Cc3ccc(O)cc3)C(=O)N(Cc3cccc4c(C(=O)CCCCO)cn(C)c34)C[C@@H]2N1C(=O)CCc1ccccc1. The highest BCUT2D eigenvalue weighted by Crippen LogP contribution is 2.32. The van der Waals surface area contributed by atoms with E-state index in [0.717, 1.165) is 27.6 Å². The summed E-state index contributed by atoms with van der Waals surface area (Å²) >= 11 is 0. The number of piperazine rings is 1. The average molecular weight is 692 g/mol. The normalized spacial score (nSPS) is 18.0. The molecule has 0 radical (unpaired) electrons. The van der Waals surface area contributed by atoms with Gasteiger partial charge in [-0.3, -0.25) is 19.2 Å². The highest BCUT2D eigenvalue weighted by molar-refractivity contribution is 6.08. The lowest BCUT2D eigenvalue weighted by atomic mass is 9.97. The molecule has 4 aromatic rings. The van der Waals surface area contributed by atoms with Crippen molar-refractivity contribution < 1.29 is 29.4 Å². The van der Waals surface area contributed by atoms with Crippen LogP contribution in [0.25, 0.3) is 10.9 Å². The van der Waals surface area contributed by atoms with Crippen molar-refractivity contribution in [1.82, 2.24) is 24.4 Å².